The van der Waals surface area contributed by atoms with E-state index < -0.39 is 0 Å². The molecule has 2 aromatic carbocycles. The molecule has 0 bridgehead atoms. The minimum Gasteiger partial charge on any atom is -0.368 e. The molecular formula is C28H26N6. The predicted octanol–water partition coefficient (Wildman–Crippen LogP) is 5.04. The van der Waals surface area contributed by atoms with Crippen LogP contribution in [0, 0.1) is 6.92 Å². The maximum absolute atomic E-state index is 6.46. The lowest BCUT2D eigenvalue weighted by Gasteiger charge is -2.16. The van der Waals surface area contributed by atoms with Crippen LogP contribution in [-0.2, 0) is 6.42 Å². The van der Waals surface area contributed by atoms with Crippen molar-refractivity contribution in [2.45, 2.75) is 19.4 Å². The first-order chi connectivity index (χ1) is 16.7. The molecule has 168 valence electrons. The third-order valence-corrected chi connectivity index (χ3v) is 5.72. The molecule has 0 saturated carbocycles. The Balaban J connectivity index is 1.55. The molecule has 0 radical (unpaired) electrons. The van der Waals surface area contributed by atoms with Crippen LogP contribution in [0.5, 0.6) is 0 Å². The molecule has 0 aliphatic heterocycles. The Bertz CT molecular complexity index is 1400. The Labute approximate surface area is 199 Å². The number of anilines is 1. The van der Waals surface area contributed by atoms with Gasteiger partial charge in [-0.3, -0.25) is 9.97 Å². The number of hydrogen-bond donors (Lipinski definition) is 2. The largest absolute Gasteiger partial charge is 0.368 e. The molecule has 1 atom stereocenters. The van der Waals surface area contributed by atoms with Gasteiger partial charge in [-0.05, 0) is 43.2 Å². The summed E-state index contributed by atoms with van der Waals surface area (Å²) in [5, 5.41) is 4.40. The molecule has 6 nitrogen and oxygen atoms in total. The Morgan fingerprint density at radius 3 is 2.47 bits per heavy atom. The summed E-state index contributed by atoms with van der Waals surface area (Å²) in [4.78, 5) is 18.6. The Hall–Kier alpha value is -4.16. The van der Waals surface area contributed by atoms with E-state index in [1.165, 1.54) is 11.1 Å². The highest BCUT2D eigenvalue weighted by molar-refractivity contribution is 5.98. The number of fused-ring (bicyclic) bond motifs is 1. The fourth-order valence-electron chi connectivity index (χ4n) is 4.04. The average Bonchev–Trinajstić information content (AvgIpc) is 2.88. The second kappa shape index (κ2) is 9.77. The van der Waals surface area contributed by atoms with Crippen molar-refractivity contribution in [3.05, 3.63) is 103 Å². The molecular weight excluding hydrogens is 420 g/mol. The van der Waals surface area contributed by atoms with Crippen LogP contribution in [-0.4, -0.2) is 32.5 Å². The predicted molar refractivity (Wildman–Crippen MR) is 137 cm³/mol. The van der Waals surface area contributed by atoms with E-state index in [0.29, 0.717) is 12.4 Å². The number of nitrogens with zero attached hydrogens (tertiary/aromatic N) is 4. The standard InChI is InChI=1S/C28H26N6/c1-19-6-5-9-22(16-19)25-26-24(12-15-31-25)28(34-27(33-26)21-10-13-30-14-11-21)32-18-23(29)17-20-7-3-2-4-8-20/h2-16,23H,17-18,29H2,1H3,(H,32,33,34)/t23-/m1/s1. The van der Waals surface area contributed by atoms with Crippen molar-refractivity contribution >= 4 is 16.7 Å². The van der Waals surface area contributed by atoms with Gasteiger partial charge in [0.05, 0.1) is 5.69 Å². The van der Waals surface area contributed by atoms with E-state index in [-0.39, 0.29) is 6.04 Å². The molecule has 3 N–H and O–H groups in total. The molecule has 0 aliphatic carbocycles. The number of aryl methyl sites for hydroxylation is 1. The van der Waals surface area contributed by atoms with E-state index in [1.807, 2.05) is 48.7 Å². The first-order valence-corrected chi connectivity index (χ1v) is 11.3. The van der Waals surface area contributed by atoms with Gasteiger partial charge in [0.2, 0.25) is 0 Å². The van der Waals surface area contributed by atoms with Crippen LogP contribution < -0.4 is 11.1 Å². The molecule has 3 heterocycles. The SMILES string of the molecule is Cc1cccc(-c2nccc3c(NC[C@H](N)Cc4ccccc4)nc(-c4ccncc4)nc23)c1. The monoisotopic (exact) mass is 446 g/mol. The van der Waals surface area contributed by atoms with Crippen molar-refractivity contribution in [3.63, 3.8) is 0 Å². The fourth-order valence-corrected chi connectivity index (χ4v) is 4.04. The van der Waals surface area contributed by atoms with Crippen LogP contribution in [0.2, 0.25) is 0 Å². The van der Waals surface area contributed by atoms with Gasteiger partial charge in [0, 0.05) is 47.7 Å². The quantitative estimate of drug-likeness (QED) is 0.364. The summed E-state index contributed by atoms with van der Waals surface area (Å²) in [6, 6.07) is 24.3. The van der Waals surface area contributed by atoms with E-state index in [2.05, 4.69) is 47.6 Å². The normalized spacial score (nSPS) is 11.9. The first kappa shape index (κ1) is 21.7. The zero-order chi connectivity index (χ0) is 23.3. The summed E-state index contributed by atoms with van der Waals surface area (Å²) in [5.74, 6) is 1.37. The smallest absolute Gasteiger partial charge is 0.162 e. The maximum atomic E-state index is 6.46. The molecule has 5 aromatic rings. The molecule has 5 rings (SSSR count). The van der Waals surface area contributed by atoms with E-state index >= 15 is 0 Å². The van der Waals surface area contributed by atoms with Crippen LogP contribution in [0.3, 0.4) is 0 Å². The maximum Gasteiger partial charge on any atom is 0.162 e. The zero-order valence-corrected chi connectivity index (χ0v) is 19.0. The third kappa shape index (κ3) is 4.77. The van der Waals surface area contributed by atoms with Crippen molar-refractivity contribution in [3.8, 4) is 22.6 Å². The topological polar surface area (TPSA) is 89.6 Å². The van der Waals surface area contributed by atoms with Gasteiger partial charge in [-0.25, -0.2) is 9.97 Å². The first-order valence-electron chi connectivity index (χ1n) is 11.3. The summed E-state index contributed by atoms with van der Waals surface area (Å²) in [5.41, 5.74) is 12.4. The average molecular weight is 447 g/mol. The third-order valence-electron chi connectivity index (χ3n) is 5.72. The molecule has 6 heteroatoms. The summed E-state index contributed by atoms with van der Waals surface area (Å²) < 4.78 is 0. The highest BCUT2D eigenvalue weighted by atomic mass is 15.0. The summed E-state index contributed by atoms with van der Waals surface area (Å²) in [6.07, 6.45) is 6.08. The van der Waals surface area contributed by atoms with Crippen LogP contribution in [0.1, 0.15) is 11.1 Å². The Morgan fingerprint density at radius 2 is 1.68 bits per heavy atom. The molecule has 0 unspecified atom stereocenters. The lowest BCUT2D eigenvalue weighted by Crippen LogP contribution is -2.31. The number of hydrogen-bond acceptors (Lipinski definition) is 6. The second-order valence-corrected chi connectivity index (χ2v) is 8.39. The number of rotatable bonds is 7. The molecule has 0 aliphatic rings. The second-order valence-electron chi connectivity index (χ2n) is 8.39. The van der Waals surface area contributed by atoms with Gasteiger partial charge in [0.15, 0.2) is 5.82 Å². The van der Waals surface area contributed by atoms with E-state index in [9.17, 15) is 0 Å². The summed E-state index contributed by atoms with van der Waals surface area (Å²) in [7, 11) is 0. The van der Waals surface area contributed by atoms with Crippen molar-refractivity contribution in [1.82, 2.24) is 19.9 Å². The van der Waals surface area contributed by atoms with Crippen LogP contribution in [0.4, 0.5) is 5.82 Å². The molecule has 34 heavy (non-hydrogen) atoms. The van der Waals surface area contributed by atoms with Gasteiger partial charge >= 0.3 is 0 Å². The van der Waals surface area contributed by atoms with E-state index in [0.717, 1.165) is 40.0 Å². The van der Waals surface area contributed by atoms with Crippen LogP contribution in [0.15, 0.2) is 91.4 Å². The van der Waals surface area contributed by atoms with Crippen molar-refractivity contribution < 1.29 is 0 Å². The van der Waals surface area contributed by atoms with Gasteiger partial charge in [-0.2, -0.15) is 0 Å². The van der Waals surface area contributed by atoms with Gasteiger partial charge in [0.25, 0.3) is 0 Å². The molecule has 0 saturated heterocycles. The van der Waals surface area contributed by atoms with E-state index in [1.54, 1.807) is 12.4 Å². The van der Waals surface area contributed by atoms with Crippen molar-refractivity contribution in [2.75, 3.05) is 11.9 Å². The Kier molecular flexibility index (Phi) is 6.23. The fraction of sp³-hybridized carbons (Fsp3) is 0.143. The van der Waals surface area contributed by atoms with Gasteiger partial charge in [0.1, 0.15) is 11.3 Å². The summed E-state index contributed by atoms with van der Waals surface area (Å²) in [6.45, 7) is 2.66. The minimum atomic E-state index is -0.0603. The van der Waals surface area contributed by atoms with Gasteiger partial charge in [-0.1, -0.05) is 54.1 Å². The van der Waals surface area contributed by atoms with Crippen molar-refractivity contribution in [1.29, 1.82) is 0 Å². The van der Waals surface area contributed by atoms with Crippen LogP contribution >= 0.6 is 0 Å². The molecule has 0 spiro atoms. The number of nitrogens with two attached hydrogens (primary N) is 1. The number of nitrogens with one attached hydrogen (secondary N) is 1. The lowest BCUT2D eigenvalue weighted by atomic mass is 10.1. The highest BCUT2D eigenvalue weighted by Gasteiger charge is 2.15. The highest BCUT2D eigenvalue weighted by Crippen LogP contribution is 2.31. The number of benzene rings is 2. The Morgan fingerprint density at radius 1 is 0.853 bits per heavy atom. The zero-order valence-electron chi connectivity index (χ0n) is 19.0. The minimum absolute atomic E-state index is 0.0603. The lowest BCUT2D eigenvalue weighted by molar-refractivity contribution is 0.698. The number of aromatic nitrogens is 4. The molecule has 0 amide bonds. The molecule has 0 fully saturated rings. The molecule has 3 aromatic heterocycles. The number of pyridine rings is 2. The van der Waals surface area contributed by atoms with E-state index in [4.69, 9.17) is 20.7 Å². The van der Waals surface area contributed by atoms with Gasteiger partial charge in [-0.15, -0.1) is 0 Å². The van der Waals surface area contributed by atoms with Gasteiger partial charge < -0.3 is 11.1 Å². The van der Waals surface area contributed by atoms with Crippen molar-refractivity contribution in [2.24, 2.45) is 5.73 Å². The summed E-state index contributed by atoms with van der Waals surface area (Å²) >= 11 is 0. The van der Waals surface area contributed by atoms with Crippen LogP contribution in [0.25, 0.3) is 33.5 Å².